The van der Waals surface area contributed by atoms with Gasteiger partial charge in [0, 0.05) is 16.6 Å². The first-order chi connectivity index (χ1) is 7.18. The molecule has 4 heteroatoms. The number of anilines is 1. The lowest BCUT2D eigenvalue weighted by Gasteiger charge is -2.02. The molecule has 0 spiro atoms. The van der Waals surface area contributed by atoms with Gasteiger partial charge in [-0.15, -0.1) is 0 Å². The maximum absolute atomic E-state index is 11.9. The largest absolute Gasteiger partial charge is 0.398 e. The van der Waals surface area contributed by atoms with Gasteiger partial charge in [-0.2, -0.15) is 4.37 Å². The Labute approximate surface area is 91.7 Å². The van der Waals surface area contributed by atoms with Crippen molar-refractivity contribution in [1.29, 1.82) is 0 Å². The molecule has 3 nitrogen and oxygen atoms in total. The van der Waals surface area contributed by atoms with Crippen LogP contribution in [-0.4, -0.2) is 10.2 Å². The van der Waals surface area contributed by atoms with Crippen molar-refractivity contribution in [2.75, 3.05) is 5.73 Å². The quantitative estimate of drug-likeness (QED) is 0.621. The number of carbonyl (C=O) groups is 1. The fourth-order valence-corrected chi connectivity index (χ4v) is 1.77. The van der Waals surface area contributed by atoms with Crippen LogP contribution < -0.4 is 5.73 Å². The minimum Gasteiger partial charge on any atom is -0.398 e. The highest BCUT2D eigenvalue weighted by Gasteiger charge is 2.11. The minimum atomic E-state index is -0.0806. The normalized spacial score (nSPS) is 10.2. The molecule has 15 heavy (non-hydrogen) atoms. The number of aromatic nitrogens is 1. The number of hydrogen-bond donors (Lipinski definition) is 1. The second kappa shape index (κ2) is 3.82. The van der Waals surface area contributed by atoms with E-state index < -0.39 is 0 Å². The molecule has 1 heterocycles. The molecule has 76 valence electrons. The molecule has 1 aromatic heterocycles. The summed E-state index contributed by atoms with van der Waals surface area (Å²) < 4.78 is 4.00. The molecular weight excluding hydrogens is 208 g/mol. The highest BCUT2D eigenvalue weighted by Crippen LogP contribution is 2.16. The lowest BCUT2D eigenvalue weighted by Crippen LogP contribution is -2.02. The van der Waals surface area contributed by atoms with Gasteiger partial charge in [-0.05, 0) is 36.2 Å². The van der Waals surface area contributed by atoms with Crippen molar-refractivity contribution in [3.63, 3.8) is 0 Å². The number of aryl methyl sites for hydroxylation is 1. The van der Waals surface area contributed by atoms with Gasteiger partial charge in [0.25, 0.3) is 0 Å². The first kappa shape index (κ1) is 9.86. The van der Waals surface area contributed by atoms with E-state index >= 15 is 0 Å². The molecule has 0 atom stereocenters. The number of nitrogen functional groups attached to an aromatic ring is 1. The molecule has 2 aromatic rings. The lowest BCUT2D eigenvalue weighted by atomic mass is 10.1. The Kier molecular flexibility index (Phi) is 2.51. The number of rotatable bonds is 2. The van der Waals surface area contributed by atoms with E-state index in [2.05, 4.69) is 4.37 Å². The second-order valence-corrected chi connectivity index (χ2v) is 3.95. The molecule has 0 aliphatic heterocycles. The Morgan fingerprint density at radius 3 is 2.80 bits per heavy atom. The van der Waals surface area contributed by atoms with Gasteiger partial charge in [0.1, 0.15) is 5.69 Å². The SMILES string of the molecule is Cc1ccc(C(=O)c2ccsn2)cc1N. The summed E-state index contributed by atoms with van der Waals surface area (Å²) in [7, 11) is 0. The zero-order chi connectivity index (χ0) is 10.8. The molecule has 2 N–H and O–H groups in total. The van der Waals surface area contributed by atoms with Gasteiger partial charge in [0.15, 0.2) is 0 Å². The molecule has 2 rings (SSSR count). The molecule has 0 bridgehead atoms. The highest BCUT2D eigenvalue weighted by atomic mass is 32.1. The maximum Gasteiger partial charge on any atom is 0.212 e. The molecule has 0 aliphatic carbocycles. The van der Waals surface area contributed by atoms with Gasteiger partial charge in [0.2, 0.25) is 5.78 Å². The molecular formula is C11H10N2OS. The van der Waals surface area contributed by atoms with Crippen LogP contribution in [0.5, 0.6) is 0 Å². The number of ketones is 1. The summed E-state index contributed by atoms with van der Waals surface area (Å²) in [5.74, 6) is -0.0806. The Morgan fingerprint density at radius 1 is 1.40 bits per heavy atom. The van der Waals surface area contributed by atoms with Crippen molar-refractivity contribution in [2.45, 2.75) is 6.92 Å². The van der Waals surface area contributed by atoms with Crippen LogP contribution in [-0.2, 0) is 0 Å². The minimum absolute atomic E-state index is 0.0806. The predicted octanol–water partition coefficient (Wildman–Crippen LogP) is 2.26. The number of benzene rings is 1. The van der Waals surface area contributed by atoms with E-state index in [9.17, 15) is 4.79 Å². The molecule has 0 aliphatic rings. The second-order valence-electron chi connectivity index (χ2n) is 3.29. The van der Waals surface area contributed by atoms with E-state index in [0.717, 1.165) is 5.56 Å². The third-order valence-electron chi connectivity index (χ3n) is 2.21. The number of nitrogens with zero attached hydrogens (tertiary/aromatic N) is 1. The highest BCUT2D eigenvalue weighted by molar-refractivity contribution is 7.03. The first-order valence-electron chi connectivity index (χ1n) is 4.49. The van der Waals surface area contributed by atoms with E-state index in [1.54, 1.807) is 23.6 Å². The monoisotopic (exact) mass is 218 g/mol. The van der Waals surface area contributed by atoms with E-state index in [4.69, 9.17) is 5.73 Å². The van der Waals surface area contributed by atoms with Crippen molar-refractivity contribution >= 4 is 23.0 Å². The van der Waals surface area contributed by atoms with Crippen LogP contribution in [0.3, 0.4) is 0 Å². The third kappa shape index (κ3) is 1.89. The molecule has 0 amide bonds. The predicted molar refractivity (Wildman–Crippen MR) is 61.1 cm³/mol. The van der Waals surface area contributed by atoms with Crippen molar-refractivity contribution in [1.82, 2.24) is 4.37 Å². The Morgan fingerprint density at radius 2 is 2.20 bits per heavy atom. The van der Waals surface area contributed by atoms with Crippen LogP contribution in [0.25, 0.3) is 0 Å². The summed E-state index contributed by atoms with van der Waals surface area (Å²) in [5, 5.41) is 1.78. The molecule has 0 unspecified atom stereocenters. The Bertz CT molecular complexity index is 491. The summed E-state index contributed by atoms with van der Waals surface area (Å²) in [6.07, 6.45) is 0. The summed E-state index contributed by atoms with van der Waals surface area (Å²) in [6.45, 7) is 1.91. The molecule has 0 saturated heterocycles. The van der Waals surface area contributed by atoms with Gasteiger partial charge < -0.3 is 5.73 Å². The van der Waals surface area contributed by atoms with Crippen LogP contribution in [0.2, 0.25) is 0 Å². The topological polar surface area (TPSA) is 56.0 Å². The maximum atomic E-state index is 11.9. The van der Waals surface area contributed by atoms with Crippen LogP contribution >= 0.6 is 11.5 Å². The van der Waals surface area contributed by atoms with E-state index in [1.807, 2.05) is 13.0 Å². The van der Waals surface area contributed by atoms with Crippen molar-refractivity contribution in [3.05, 3.63) is 46.5 Å². The van der Waals surface area contributed by atoms with Crippen LogP contribution in [0.1, 0.15) is 21.6 Å². The fraction of sp³-hybridized carbons (Fsp3) is 0.0909. The van der Waals surface area contributed by atoms with Gasteiger partial charge in [0.05, 0.1) is 0 Å². The van der Waals surface area contributed by atoms with Gasteiger partial charge >= 0.3 is 0 Å². The molecule has 0 fully saturated rings. The number of carbonyl (C=O) groups excluding carboxylic acids is 1. The Balaban J connectivity index is 2.39. The number of nitrogens with two attached hydrogens (primary N) is 1. The lowest BCUT2D eigenvalue weighted by molar-refractivity contribution is 0.103. The van der Waals surface area contributed by atoms with E-state index in [1.165, 1.54) is 11.5 Å². The number of hydrogen-bond acceptors (Lipinski definition) is 4. The molecule has 0 radical (unpaired) electrons. The van der Waals surface area contributed by atoms with Gasteiger partial charge in [-0.3, -0.25) is 4.79 Å². The summed E-state index contributed by atoms with van der Waals surface area (Å²) >= 11 is 1.27. The van der Waals surface area contributed by atoms with Crippen molar-refractivity contribution in [2.24, 2.45) is 0 Å². The first-order valence-corrected chi connectivity index (χ1v) is 5.33. The van der Waals surface area contributed by atoms with E-state index in [0.29, 0.717) is 16.9 Å². The molecule has 1 aromatic carbocycles. The standard InChI is InChI=1S/C11H10N2OS/c1-7-2-3-8(6-9(7)12)11(14)10-4-5-15-13-10/h2-6H,12H2,1H3. The molecule has 0 saturated carbocycles. The smallest absolute Gasteiger partial charge is 0.212 e. The fourth-order valence-electron chi connectivity index (χ4n) is 1.26. The van der Waals surface area contributed by atoms with Crippen LogP contribution in [0.4, 0.5) is 5.69 Å². The summed E-state index contributed by atoms with van der Waals surface area (Å²) in [4.78, 5) is 11.9. The summed E-state index contributed by atoms with van der Waals surface area (Å²) in [5.41, 5.74) is 8.42. The third-order valence-corrected chi connectivity index (χ3v) is 2.77. The zero-order valence-electron chi connectivity index (χ0n) is 8.23. The zero-order valence-corrected chi connectivity index (χ0v) is 9.04. The van der Waals surface area contributed by atoms with Crippen molar-refractivity contribution in [3.8, 4) is 0 Å². The van der Waals surface area contributed by atoms with Gasteiger partial charge in [-0.1, -0.05) is 12.1 Å². The van der Waals surface area contributed by atoms with Crippen LogP contribution in [0, 0.1) is 6.92 Å². The van der Waals surface area contributed by atoms with Gasteiger partial charge in [-0.25, -0.2) is 0 Å². The average molecular weight is 218 g/mol. The average Bonchev–Trinajstić information content (AvgIpc) is 2.74. The van der Waals surface area contributed by atoms with E-state index in [-0.39, 0.29) is 5.78 Å². The van der Waals surface area contributed by atoms with Crippen LogP contribution in [0.15, 0.2) is 29.6 Å². The Hall–Kier alpha value is -1.68. The van der Waals surface area contributed by atoms with Crippen molar-refractivity contribution < 1.29 is 4.79 Å². The summed E-state index contributed by atoms with van der Waals surface area (Å²) in [6, 6.07) is 7.02.